The Balaban J connectivity index is 1.59. The Morgan fingerprint density at radius 3 is 2.71 bits per heavy atom. The van der Waals surface area contributed by atoms with E-state index in [0.717, 1.165) is 12.1 Å². The molecule has 0 bridgehead atoms. The normalized spacial score (nSPS) is 19.5. The molecule has 9 nitrogen and oxygen atoms in total. The molecule has 2 saturated heterocycles. The third kappa shape index (κ3) is 3.63. The van der Waals surface area contributed by atoms with Gasteiger partial charge < -0.3 is 20.6 Å². The lowest BCUT2D eigenvalue weighted by Crippen LogP contribution is -2.51. The number of β-amino-alcohol motifs (C(OH)–C–C–N with tert-alkyl or cyclic N) is 1. The smallest absolute Gasteiger partial charge is 0.389 e. The second-order valence-corrected chi connectivity index (χ2v) is 7.62. The average Bonchev–Trinajstić information content (AvgIpc) is 3.30. The number of rotatable bonds is 4. The van der Waals surface area contributed by atoms with Crippen LogP contribution in [0.3, 0.4) is 0 Å². The first-order valence-electron chi connectivity index (χ1n) is 9.67. The molecule has 162 valence electrons. The van der Waals surface area contributed by atoms with Crippen molar-refractivity contribution in [2.75, 3.05) is 29.9 Å². The van der Waals surface area contributed by atoms with E-state index < -0.39 is 17.8 Å². The van der Waals surface area contributed by atoms with E-state index in [4.69, 9.17) is 0 Å². The molecule has 2 aliphatic rings. The molecule has 0 saturated carbocycles. The fraction of sp³-hybridized carbons (Fsp3) is 0.368. The highest BCUT2D eigenvalue weighted by Gasteiger charge is 2.32. The Hall–Kier alpha value is -3.41. The van der Waals surface area contributed by atoms with E-state index in [0.29, 0.717) is 36.5 Å². The standard InChI is InChI=1S/C19H18F3N7O2/c20-19(21,22)10-2-1-3-12(4-10)29-17-14(7-24-29)16(28-8-13(30)9-28)26-18(27-17)25-11-5-15(31)23-6-11/h1-4,7,11,13,30H,5-6,8-9H2,(H,23,31)(H,25,26,27)/t11-/m0/s1. The number of alkyl halides is 3. The molecule has 0 radical (unpaired) electrons. The van der Waals surface area contributed by atoms with E-state index in [2.05, 4.69) is 25.7 Å². The summed E-state index contributed by atoms with van der Waals surface area (Å²) in [6.07, 6.45) is -3.19. The van der Waals surface area contributed by atoms with E-state index in [9.17, 15) is 23.1 Å². The predicted molar refractivity (Wildman–Crippen MR) is 105 cm³/mol. The van der Waals surface area contributed by atoms with Crippen LogP contribution in [0, 0.1) is 0 Å². The Morgan fingerprint density at radius 2 is 2.03 bits per heavy atom. The van der Waals surface area contributed by atoms with E-state index in [1.165, 1.54) is 23.0 Å². The van der Waals surface area contributed by atoms with Crippen LogP contribution >= 0.6 is 0 Å². The second-order valence-electron chi connectivity index (χ2n) is 7.62. The van der Waals surface area contributed by atoms with Gasteiger partial charge in [-0.15, -0.1) is 0 Å². The lowest BCUT2D eigenvalue weighted by molar-refractivity contribution is -0.137. The summed E-state index contributed by atoms with van der Waals surface area (Å²) in [5.41, 5.74) is -0.255. The van der Waals surface area contributed by atoms with Gasteiger partial charge in [0.05, 0.1) is 35.0 Å². The number of fused-ring (bicyclic) bond motifs is 1. The first-order valence-corrected chi connectivity index (χ1v) is 9.67. The molecule has 5 rings (SSSR count). The quantitative estimate of drug-likeness (QED) is 0.570. The lowest BCUT2D eigenvalue weighted by Gasteiger charge is -2.37. The fourth-order valence-corrected chi connectivity index (χ4v) is 3.72. The van der Waals surface area contributed by atoms with E-state index in [-0.39, 0.29) is 30.0 Å². The van der Waals surface area contributed by atoms with E-state index in [1.807, 2.05) is 4.90 Å². The first-order chi connectivity index (χ1) is 14.8. The van der Waals surface area contributed by atoms with Crippen molar-refractivity contribution in [3.8, 4) is 5.69 Å². The molecular formula is C19H18F3N7O2. The van der Waals surface area contributed by atoms with Crippen LogP contribution in [-0.2, 0) is 11.0 Å². The zero-order valence-corrected chi connectivity index (χ0v) is 16.1. The number of hydrogen-bond acceptors (Lipinski definition) is 7. The molecule has 1 amide bonds. The van der Waals surface area contributed by atoms with Gasteiger partial charge in [0.1, 0.15) is 5.82 Å². The number of hydrogen-bond donors (Lipinski definition) is 3. The summed E-state index contributed by atoms with van der Waals surface area (Å²) >= 11 is 0. The Morgan fingerprint density at radius 1 is 1.23 bits per heavy atom. The van der Waals surface area contributed by atoms with Crippen molar-refractivity contribution < 1.29 is 23.1 Å². The molecule has 0 unspecified atom stereocenters. The highest BCUT2D eigenvalue weighted by atomic mass is 19.4. The van der Waals surface area contributed by atoms with Gasteiger partial charge >= 0.3 is 6.18 Å². The Bertz CT molecular complexity index is 1160. The van der Waals surface area contributed by atoms with Crippen molar-refractivity contribution >= 4 is 28.7 Å². The van der Waals surface area contributed by atoms with Crippen molar-refractivity contribution in [3.63, 3.8) is 0 Å². The van der Waals surface area contributed by atoms with Gasteiger partial charge in [0.15, 0.2) is 5.65 Å². The number of anilines is 2. The number of carbonyl (C=O) groups excluding carboxylic acids is 1. The monoisotopic (exact) mass is 433 g/mol. The predicted octanol–water partition coefficient (Wildman–Crippen LogP) is 1.32. The van der Waals surface area contributed by atoms with Gasteiger partial charge in [-0.05, 0) is 18.2 Å². The number of nitrogens with one attached hydrogen (secondary N) is 2. The van der Waals surface area contributed by atoms with Crippen molar-refractivity contribution in [1.29, 1.82) is 0 Å². The summed E-state index contributed by atoms with van der Waals surface area (Å²) in [7, 11) is 0. The minimum Gasteiger partial charge on any atom is -0.389 e. The highest BCUT2D eigenvalue weighted by molar-refractivity contribution is 5.89. The minimum atomic E-state index is -4.48. The number of carbonyl (C=O) groups is 1. The molecule has 3 N–H and O–H groups in total. The van der Waals surface area contributed by atoms with Gasteiger partial charge in [0.25, 0.3) is 0 Å². The van der Waals surface area contributed by atoms with Gasteiger partial charge in [0.2, 0.25) is 11.9 Å². The zero-order valence-electron chi connectivity index (χ0n) is 16.1. The van der Waals surface area contributed by atoms with Crippen molar-refractivity contribution in [2.24, 2.45) is 0 Å². The number of amides is 1. The van der Waals surface area contributed by atoms with Crippen LogP contribution in [0.1, 0.15) is 12.0 Å². The summed E-state index contributed by atoms with van der Waals surface area (Å²) in [6.45, 7) is 1.18. The van der Waals surface area contributed by atoms with Crippen molar-refractivity contribution in [1.82, 2.24) is 25.1 Å². The molecule has 12 heteroatoms. The van der Waals surface area contributed by atoms with Gasteiger partial charge in [-0.25, -0.2) is 4.68 Å². The zero-order chi connectivity index (χ0) is 21.8. The molecule has 2 fully saturated rings. The van der Waals surface area contributed by atoms with Crippen LogP contribution < -0.4 is 15.5 Å². The number of aliphatic hydroxyl groups excluding tert-OH is 1. The first kappa shape index (κ1) is 19.5. The number of aliphatic hydroxyl groups is 1. The number of halogens is 3. The molecule has 31 heavy (non-hydrogen) atoms. The van der Waals surface area contributed by atoms with Crippen LogP contribution in [0.25, 0.3) is 16.7 Å². The molecule has 2 aromatic heterocycles. The third-order valence-electron chi connectivity index (χ3n) is 5.30. The fourth-order valence-electron chi connectivity index (χ4n) is 3.72. The largest absolute Gasteiger partial charge is 0.416 e. The van der Waals surface area contributed by atoms with Gasteiger partial charge in [-0.1, -0.05) is 6.07 Å². The van der Waals surface area contributed by atoms with E-state index >= 15 is 0 Å². The molecular weight excluding hydrogens is 415 g/mol. The van der Waals surface area contributed by atoms with Crippen LogP contribution in [0.4, 0.5) is 24.9 Å². The SMILES string of the molecule is O=C1C[C@H](Nc2nc(N3CC(O)C3)c3cnn(-c4cccc(C(F)(F)F)c4)c3n2)CN1. The van der Waals surface area contributed by atoms with Crippen LogP contribution in [0.2, 0.25) is 0 Å². The van der Waals surface area contributed by atoms with Crippen LogP contribution in [0.15, 0.2) is 30.5 Å². The summed E-state index contributed by atoms with van der Waals surface area (Å²) in [5, 5.41) is 20.3. The van der Waals surface area contributed by atoms with Crippen molar-refractivity contribution in [3.05, 3.63) is 36.0 Å². The summed E-state index contributed by atoms with van der Waals surface area (Å²) in [6, 6.07) is 4.63. The highest BCUT2D eigenvalue weighted by Crippen LogP contribution is 2.33. The lowest BCUT2D eigenvalue weighted by atomic mass is 10.1. The number of nitrogens with zero attached hydrogens (tertiary/aromatic N) is 5. The molecule has 3 aromatic rings. The average molecular weight is 433 g/mol. The number of aromatic nitrogens is 4. The maximum absolute atomic E-state index is 13.2. The minimum absolute atomic E-state index is 0.0846. The van der Waals surface area contributed by atoms with Gasteiger partial charge in [-0.3, -0.25) is 4.79 Å². The van der Waals surface area contributed by atoms with Crippen LogP contribution in [0.5, 0.6) is 0 Å². The van der Waals surface area contributed by atoms with Crippen molar-refractivity contribution in [2.45, 2.75) is 24.7 Å². The Labute approximate surface area is 173 Å². The summed E-state index contributed by atoms with van der Waals surface area (Å²) in [4.78, 5) is 22.4. The number of benzene rings is 1. The Kier molecular flexibility index (Phi) is 4.46. The van der Waals surface area contributed by atoms with E-state index in [1.54, 1.807) is 0 Å². The van der Waals surface area contributed by atoms with Crippen LogP contribution in [-0.4, -0.2) is 62.5 Å². The molecule has 0 spiro atoms. The van der Waals surface area contributed by atoms with Gasteiger partial charge in [0, 0.05) is 26.1 Å². The molecule has 4 heterocycles. The molecule has 0 aliphatic carbocycles. The maximum atomic E-state index is 13.2. The second kappa shape index (κ2) is 7.08. The van der Waals surface area contributed by atoms with Gasteiger partial charge in [-0.2, -0.15) is 28.2 Å². The topological polar surface area (TPSA) is 108 Å². The third-order valence-corrected chi connectivity index (χ3v) is 5.30. The summed E-state index contributed by atoms with van der Waals surface area (Å²) in [5.74, 6) is 0.672. The summed E-state index contributed by atoms with van der Waals surface area (Å²) < 4.78 is 40.9. The maximum Gasteiger partial charge on any atom is 0.416 e. The molecule has 1 atom stereocenters. The molecule has 1 aromatic carbocycles. The molecule has 2 aliphatic heterocycles.